The van der Waals surface area contributed by atoms with Crippen molar-refractivity contribution in [2.75, 3.05) is 0 Å². The lowest BCUT2D eigenvalue weighted by Crippen LogP contribution is -2.46. The molecule has 0 saturated heterocycles. The van der Waals surface area contributed by atoms with Gasteiger partial charge in [0.15, 0.2) is 0 Å². The lowest BCUT2D eigenvalue weighted by atomic mass is 9.97. The molecule has 116 valence electrons. The van der Waals surface area contributed by atoms with Gasteiger partial charge >= 0.3 is 6.09 Å². The number of rotatable bonds is 4. The van der Waals surface area contributed by atoms with Crippen molar-refractivity contribution in [3.05, 3.63) is 42.5 Å². The molecule has 0 N–H and O–H groups in total. The van der Waals surface area contributed by atoms with Gasteiger partial charge in [-0.15, -0.1) is 0 Å². The standard InChI is InChI=1S/C17H25NO2S/c1-13(2)17(6,7)18(15(19)20-16(3,4)5)21-14-11-9-8-10-12-14/h8-12H,1H2,2-7H3. The monoisotopic (exact) mass is 307 g/mol. The fraction of sp³-hybridized carbons (Fsp3) is 0.471. The number of carbonyl (C=O) groups excluding carboxylic acids is 1. The summed E-state index contributed by atoms with van der Waals surface area (Å²) in [7, 11) is 0. The summed E-state index contributed by atoms with van der Waals surface area (Å²) in [4.78, 5) is 13.5. The molecule has 1 rings (SSSR count). The summed E-state index contributed by atoms with van der Waals surface area (Å²) < 4.78 is 7.18. The van der Waals surface area contributed by atoms with Crippen molar-refractivity contribution < 1.29 is 9.53 Å². The number of hydrogen-bond donors (Lipinski definition) is 0. The van der Waals surface area contributed by atoms with E-state index in [-0.39, 0.29) is 6.09 Å². The molecule has 0 fully saturated rings. The molecule has 0 aromatic heterocycles. The predicted molar refractivity (Wildman–Crippen MR) is 89.3 cm³/mol. The molecule has 0 atom stereocenters. The van der Waals surface area contributed by atoms with Crippen molar-refractivity contribution >= 4 is 18.0 Å². The zero-order chi connectivity index (χ0) is 16.3. The second-order valence-corrected chi connectivity index (χ2v) is 7.54. The zero-order valence-corrected chi connectivity index (χ0v) is 14.6. The van der Waals surface area contributed by atoms with Gasteiger partial charge in [-0.1, -0.05) is 30.4 Å². The molecule has 1 aromatic carbocycles. The topological polar surface area (TPSA) is 29.5 Å². The molecule has 0 aliphatic carbocycles. The average Bonchev–Trinajstić information content (AvgIpc) is 2.34. The Hall–Kier alpha value is -1.42. The van der Waals surface area contributed by atoms with Crippen molar-refractivity contribution in [1.29, 1.82) is 0 Å². The second-order valence-electron chi connectivity index (χ2n) is 6.52. The molecule has 1 amide bonds. The molecule has 0 aliphatic rings. The highest BCUT2D eigenvalue weighted by atomic mass is 32.2. The molecule has 0 bridgehead atoms. The van der Waals surface area contributed by atoms with E-state index in [0.717, 1.165) is 10.5 Å². The summed E-state index contributed by atoms with van der Waals surface area (Å²) in [5.74, 6) is 0. The van der Waals surface area contributed by atoms with Crippen molar-refractivity contribution in [2.24, 2.45) is 0 Å². The third kappa shape index (κ3) is 5.12. The van der Waals surface area contributed by atoms with Gasteiger partial charge in [-0.25, -0.2) is 9.10 Å². The first-order valence-electron chi connectivity index (χ1n) is 6.96. The first kappa shape index (κ1) is 17.6. The number of ether oxygens (including phenoxy) is 1. The smallest absolute Gasteiger partial charge is 0.421 e. The third-order valence-corrected chi connectivity index (χ3v) is 4.32. The number of hydrogen-bond acceptors (Lipinski definition) is 3. The van der Waals surface area contributed by atoms with Gasteiger partial charge in [0, 0.05) is 4.90 Å². The maximum Gasteiger partial charge on any atom is 0.421 e. The summed E-state index contributed by atoms with van der Waals surface area (Å²) in [6.45, 7) is 15.5. The van der Waals surface area contributed by atoms with E-state index in [9.17, 15) is 4.79 Å². The Bertz CT molecular complexity index is 503. The van der Waals surface area contributed by atoms with Gasteiger partial charge in [0.25, 0.3) is 0 Å². The average molecular weight is 307 g/mol. The Morgan fingerprint density at radius 3 is 2.10 bits per heavy atom. The van der Waals surface area contributed by atoms with Crippen molar-refractivity contribution in [3.63, 3.8) is 0 Å². The Balaban J connectivity index is 3.06. The quantitative estimate of drug-likeness (QED) is 0.559. The van der Waals surface area contributed by atoms with E-state index < -0.39 is 11.1 Å². The molecule has 3 nitrogen and oxygen atoms in total. The minimum atomic E-state index is -0.530. The van der Waals surface area contributed by atoms with Gasteiger partial charge < -0.3 is 4.74 Å². The van der Waals surface area contributed by atoms with E-state index in [1.54, 1.807) is 4.31 Å². The molecule has 21 heavy (non-hydrogen) atoms. The summed E-state index contributed by atoms with van der Waals surface area (Å²) in [5.41, 5.74) is -0.141. The van der Waals surface area contributed by atoms with Crippen LogP contribution in [-0.2, 0) is 4.74 Å². The first-order chi connectivity index (χ1) is 9.54. The normalized spacial score (nSPS) is 11.9. The summed E-state index contributed by atoms with van der Waals surface area (Å²) in [6, 6.07) is 9.78. The Kier molecular flexibility index (Phi) is 5.51. The molecule has 0 aliphatic heterocycles. The molecule has 0 unspecified atom stereocenters. The van der Waals surface area contributed by atoms with E-state index in [4.69, 9.17) is 4.74 Å². The van der Waals surface area contributed by atoms with Crippen LogP contribution >= 0.6 is 11.9 Å². The zero-order valence-electron chi connectivity index (χ0n) is 13.8. The maximum absolute atomic E-state index is 12.6. The number of benzene rings is 1. The Morgan fingerprint density at radius 1 is 1.14 bits per heavy atom. The fourth-order valence-electron chi connectivity index (χ4n) is 1.44. The van der Waals surface area contributed by atoms with E-state index in [1.165, 1.54) is 11.9 Å². The van der Waals surface area contributed by atoms with Gasteiger partial charge in [0.2, 0.25) is 0 Å². The van der Waals surface area contributed by atoms with Crippen LogP contribution in [-0.4, -0.2) is 21.5 Å². The Morgan fingerprint density at radius 2 is 1.67 bits per heavy atom. The van der Waals surface area contributed by atoms with Crippen LogP contribution in [0.5, 0.6) is 0 Å². The number of nitrogens with zero attached hydrogens (tertiary/aromatic N) is 1. The van der Waals surface area contributed by atoms with Crippen LogP contribution in [0.25, 0.3) is 0 Å². The number of amides is 1. The molecule has 0 saturated carbocycles. The van der Waals surface area contributed by atoms with Crippen LogP contribution in [0.4, 0.5) is 4.79 Å². The molecular formula is C17H25NO2S. The highest BCUT2D eigenvalue weighted by Crippen LogP contribution is 2.35. The van der Waals surface area contributed by atoms with Crippen LogP contribution in [0.3, 0.4) is 0 Å². The van der Waals surface area contributed by atoms with Gasteiger partial charge in [0.1, 0.15) is 5.60 Å². The van der Waals surface area contributed by atoms with E-state index >= 15 is 0 Å². The fourth-order valence-corrected chi connectivity index (χ4v) is 2.43. The summed E-state index contributed by atoms with van der Waals surface area (Å²) in [6.07, 6.45) is -0.357. The van der Waals surface area contributed by atoms with E-state index in [0.29, 0.717) is 0 Å². The van der Waals surface area contributed by atoms with E-state index in [1.807, 2.05) is 71.9 Å². The lowest BCUT2D eigenvalue weighted by molar-refractivity contribution is 0.0317. The van der Waals surface area contributed by atoms with Crippen LogP contribution in [0.15, 0.2) is 47.4 Å². The minimum absolute atomic E-state index is 0.357. The lowest BCUT2D eigenvalue weighted by Gasteiger charge is -2.38. The SMILES string of the molecule is C=C(C)C(C)(C)N(Sc1ccccc1)C(=O)OC(C)(C)C. The summed E-state index contributed by atoms with van der Waals surface area (Å²) in [5, 5.41) is 0. The molecule has 0 spiro atoms. The molecule has 1 aromatic rings. The summed E-state index contributed by atoms with van der Waals surface area (Å²) >= 11 is 1.37. The third-order valence-electron chi connectivity index (χ3n) is 3.05. The van der Waals surface area contributed by atoms with Crippen LogP contribution in [0.1, 0.15) is 41.5 Å². The molecule has 0 radical (unpaired) electrons. The van der Waals surface area contributed by atoms with Crippen LogP contribution in [0, 0.1) is 0 Å². The second kappa shape index (κ2) is 6.56. The molecule has 4 heteroatoms. The minimum Gasteiger partial charge on any atom is -0.443 e. The van der Waals surface area contributed by atoms with Crippen LogP contribution in [0.2, 0.25) is 0 Å². The van der Waals surface area contributed by atoms with Gasteiger partial charge in [-0.2, -0.15) is 0 Å². The largest absolute Gasteiger partial charge is 0.443 e. The van der Waals surface area contributed by atoms with Crippen molar-refractivity contribution in [2.45, 2.75) is 57.6 Å². The Labute approximate surface area is 132 Å². The van der Waals surface area contributed by atoms with Crippen LogP contribution < -0.4 is 0 Å². The molecule has 0 heterocycles. The predicted octanol–water partition coefficient (Wildman–Crippen LogP) is 5.29. The van der Waals surface area contributed by atoms with Gasteiger partial charge in [-0.05, 0) is 65.6 Å². The van der Waals surface area contributed by atoms with Crippen molar-refractivity contribution in [3.8, 4) is 0 Å². The van der Waals surface area contributed by atoms with Gasteiger partial charge in [0.05, 0.1) is 5.54 Å². The molecular weight excluding hydrogens is 282 g/mol. The van der Waals surface area contributed by atoms with Gasteiger partial charge in [-0.3, -0.25) is 0 Å². The highest BCUT2D eigenvalue weighted by molar-refractivity contribution is 7.97. The van der Waals surface area contributed by atoms with E-state index in [2.05, 4.69) is 6.58 Å². The highest BCUT2D eigenvalue weighted by Gasteiger charge is 2.36. The maximum atomic E-state index is 12.6. The first-order valence-corrected chi connectivity index (χ1v) is 7.73. The van der Waals surface area contributed by atoms with Crippen molar-refractivity contribution in [1.82, 2.24) is 4.31 Å². The number of carbonyl (C=O) groups is 1.